The molecule has 0 heterocycles. The lowest BCUT2D eigenvalue weighted by molar-refractivity contribution is 0.832. The summed E-state index contributed by atoms with van der Waals surface area (Å²) in [6.07, 6.45) is 8.47. The number of hydrogen-bond donors (Lipinski definition) is 1. The van der Waals surface area contributed by atoms with Crippen molar-refractivity contribution in [3.63, 3.8) is 0 Å². The average Bonchev–Trinajstić information content (AvgIpc) is 2.90. The summed E-state index contributed by atoms with van der Waals surface area (Å²) in [6.45, 7) is 4.34. The minimum atomic E-state index is 0.766. The highest BCUT2D eigenvalue weighted by Crippen LogP contribution is 2.33. The number of anilines is 1. The fraction of sp³-hybridized carbons (Fsp3) is 0.421. The molecule has 1 aromatic carbocycles. The van der Waals surface area contributed by atoms with Gasteiger partial charge in [0.05, 0.1) is 0 Å². The molecule has 1 aromatic rings. The maximum absolute atomic E-state index is 8.48. The van der Waals surface area contributed by atoms with E-state index in [1.54, 1.807) is 0 Å². The van der Waals surface area contributed by atoms with Crippen LogP contribution in [0, 0.1) is 5.41 Å². The van der Waals surface area contributed by atoms with Crippen molar-refractivity contribution in [1.29, 1.82) is 5.41 Å². The Bertz CT molecular complexity index is 592. The molecule has 1 aliphatic rings. The lowest BCUT2D eigenvalue weighted by Crippen LogP contribution is -2.11. The van der Waals surface area contributed by atoms with Gasteiger partial charge in [0, 0.05) is 31.1 Å². The minimum Gasteiger partial charge on any atom is -0.378 e. The number of allylic oxidation sites excluding steroid dienone is 4. The lowest BCUT2D eigenvalue weighted by Gasteiger charge is -2.18. The molecule has 1 N–H and O–H groups in total. The Balaban J connectivity index is 2.44. The number of hydrogen-bond acceptors (Lipinski definition) is 2. The Hall–Kier alpha value is -1.83. The summed E-state index contributed by atoms with van der Waals surface area (Å²) in [4.78, 5) is 2.11. The van der Waals surface area contributed by atoms with Gasteiger partial charge in [-0.3, -0.25) is 0 Å². The summed E-state index contributed by atoms with van der Waals surface area (Å²) in [6, 6.07) is 6.52. The monoisotopic (exact) mass is 282 g/mol. The van der Waals surface area contributed by atoms with E-state index >= 15 is 0 Å². The van der Waals surface area contributed by atoms with Gasteiger partial charge in [-0.15, -0.1) is 0 Å². The number of unbranched alkanes of at least 4 members (excludes halogenated alkanes) is 1. The highest BCUT2D eigenvalue weighted by atomic mass is 15.1. The van der Waals surface area contributed by atoms with Crippen LogP contribution < -0.4 is 4.90 Å². The zero-order valence-electron chi connectivity index (χ0n) is 13.7. The Morgan fingerprint density at radius 1 is 1.29 bits per heavy atom. The first kappa shape index (κ1) is 15.6. The average molecular weight is 282 g/mol. The van der Waals surface area contributed by atoms with Gasteiger partial charge in [0.1, 0.15) is 0 Å². The van der Waals surface area contributed by atoms with E-state index in [4.69, 9.17) is 5.41 Å². The molecule has 0 unspecified atom stereocenters. The van der Waals surface area contributed by atoms with Gasteiger partial charge in [-0.2, -0.15) is 0 Å². The Labute approximate surface area is 128 Å². The molecular formula is C19H26N2. The number of nitrogens with zero attached hydrogens (tertiary/aromatic N) is 1. The standard InChI is InChI=1S/C19H26N2/c1-5-6-10-19(20)18-13-15(21(3)4)11-12-17(18)16-9-7-8-14(16)2/h7-8,11-13,20H,5-6,9-10H2,1-4H3. The van der Waals surface area contributed by atoms with E-state index in [9.17, 15) is 0 Å². The first-order valence-corrected chi connectivity index (χ1v) is 7.80. The first-order chi connectivity index (χ1) is 10.0. The molecule has 0 amide bonds. The van der Waals surface area contributed by atoms with Gasteiger partial charge in [0.25, 0.3) is 0 Å². The maximum atomic E-state index is 8.48. The molecule has 2 nitrogen and oxygen atoms in total. The van der Waals surface area contributed by atoms with Gasteiger partial charge >= 0.3 is 0 Å². The van der Waals surface area contributed by atoms with E-state index in [1.165, 1.54) is 22.4 Å². The van der Waals surface area contributed by atoms with Crippen LogP contribution in [0.25, 0.3) is 5.57 Å². The predicted octanol–water partition coefficient (Wildman–Crippen LogP) is 5.04. The van der Waals surface area contributed by atoms with Crippen LogP contribution in [0.15, 0.2) is 35.9 Å². The fourth-order valence-corrected chi connectivity index (χ4v) is 2.75. The molecular weight excluding hydrogens is 256 g/mol. The largest absolute Gasteiger partial charge is 0.378 e. The summed E-state index contributed by atoms with van der Waals surface area (Å²) < 4.78 is 0. The number of nitrogens with one attached hydrogen (secondary N) is 1. The molecule has 2 rings (SSSR count). The van der Waals surface area contributed by atoms with Crippen molar-refractivity contribution in [3.8, 4) is 0 Å². The SMILES string of the molecule is CCCCC(=N)c1cc(N(C)C)ccc1C1=C(C)C=CC1. The van der Waals surface area contributed by atoms with Gasteiger partial charge < -0.3 is 10.3 Å². The summed E-state index contributed by atoms with van der Waals surface area (Å²) in [7, 11) is 4.10. The summed E-state index contributed by atoms with van der Waals surface area (Å²) in [5.74, 6) is 0. The third kappa shape index (κ3) is 3.44. The van der Waals surface area contributed by atoms with E-state index in [1.807, 2.05) is 0 Å². The third-order valence-corrected chi connectivity index (χ3v) is 4.12. The fourth-order valence-electron chi connectivity index (χ4n) is 2.75. The van der Waals surface area contributed by atoms with Crippen molar-refractivity contribution in [2.24, 2.45) is 0 Å². The van der Waals surface area contributed by atoms with Gasteiger partial charge in [-0.1, -0.05) is 31.6 Å². The normalized spacial score (nSPS) is 13.9. The second-order valence-electron chi connectivity index (χ2n) is 5.97. The van der Waals surface area contributed by atoms with Gasteiger partial charge in [0.2, 0.25) is 0 Å². The van der Waals surface area contributed by atoms with Crippen LogP contribution in [0.2, 0.25) is 0 Å². The van der Waals surface area contributed by atoms with Crippen LogP contribution in [-0.2, 0) is 0 Å². The molecule has 0 radical (unpaired) electrons. The van der Waals surface area contributed by atoms with E-state index in [-0.39, 0.29) is 0 Å². The molecule has 1 aliphatic carbocycles. The van der Waals surface area contributed by atoms with Crippen LogP contribution in [-0.4, -0.2) is 19.8 Å². The second kappa shape index (κ2) is 6.75. The van der Waals surface area contributed by atoms with Crippen molar-refractivity contribution in [3.05, 3.63) is 47.1 Å². The second-order valence-corrected chi connectivity index (χ2v) is 5.97. The highest BCUT2D eigenvalue weighted by molar-refractivity contribution is 6.04. The Morgan fingerprint density at radius 3 is 2.62 bits per heavy atom. The quantitative estimate of drug-likeness (QED) is 0.727. The van der Waals surface area contributed by atoms with Crippen molar-refractivity contribution in [2.45, 2.75) is 39.5 Å². The van der Waals surface area contributed by atoms with E-state index in [0.29, 0.717) is 0 Å². The van der Waals surface area contributed by atoms with Crippen molar-refractivity contribution in [1.82, 2.24) is 0 Å². The molecule has 0 aromatic heterocycles. The molecule has 112 valence electrons. The van der Waals surface area contributed by atoms with Crippen molar-refractivity contribution in [2.75, 3.05) is 19.0 Å². The minimum absolute atomic E-state index is 0.766. The molecule has 0 saturated carbocycles. The van der Waals surface area contributed by atoms with Crippen molar-refractivity contribution >= 4 is 17.0 Å². The Kier molecular flexibility index (Phi) is 5.00. The molecule has 0 bridgehead atoms. The van der Waals surface area contributed by atoms with Crippen LogP contribution in [0.3, 0.4) is 0 Å². The molecule has 0 aliphatic heterocycles. The number of rotatable bonds is 6. The third-order valence-electron chi connectivity index (χ3n) is 4.12. The van der Waals surface area contributed by atoms with E-state index in [0.717, 1.165) is 37.0 Å². The van der Waals surface area contributed by atoms with Crippen LogP contribution in [0.1, 0.15) is 50.7 Å². The number of benzene rings is 1. The topological polar surface area (TPSA) is 27.1 Å². The predicted molar refractivity (Wildman–Crippen MR) is 93.5 cm³/mol. The summed E-state index contributed by atoms with van der Waals surface area (Å²) in [5, 5.41) is 8.48. The first-order valence-electron chi connectivity index (χ1n) is 7.80. The van der Waals surface area contributed by atoms with E-state index < -0.39 is 0 Å². The Morgan fingerprint density at radius 2 is 2.05 bits per heavy atom. The summed E-state index contributed by atoms with van der Waals surface area (Å²) >= 11 is 0. The van der Waals surface area contributed by atoms with Gasteiger partial charge in [-0.05, 0) is 55.0 Å². The lowest BCUT2D eigenvalue weighted by atomic mass is 9.91. The molecule has 21 heavy (non-hydrogen) atoms. The van der Waals surface area contributed by atoms with Gasteiger partial charge in [-0.25, -0.2) is 0 Å². The van der Waals surface area contributed by atoms with Crippen LogP contribution in [0.4, 0.5) is 5.69 Å². The molecule has 0 fully saturated rings. The molecule has 2 heteroatoms. The van der Waals surface area contributed by atoms with Crippen LogP contribution >= 0.6 is 0 Å². The summed E-state index contributed by atoms with van der Waals surface area (Å²) in [5.41, 5.74) is 6.98. The molecule has 0 spiro atoms. The zero-order chi connectivity index (χ0) is 15.4. The highest BCUT2D eigenvalue weighted by Gasteiger charge is 2.16. The smallest absolute Gasteiger partial charge is 0.0393 e. The van der Waals surface area contributed by atoms with Crippen molar-refractivity contribution < 1.29 is 0 Å². The van der Waals surface area contributed by atoms with E-state index in [2.05, 4.69) is 63.2 Å². The van der Waals surface area contributed by atoms with Gasteiger partial charge in [0.15, 0.2) is 0 Å². The molecule has 0 atom stereocenters. The van der Waals surface area contributed by atoms with Crippen LogP contribution in [0.5, 0.6) is 0 Å². The molecule has 0 saturated heterocycles. The maximum Gasteiger partial charge on any atom is 0.0393 e. The zero-order valence-corrected chi connectivity index (χ0v) is 13.7.